The first-order chi connectivity index (χ1) is 16.5. The van der Waals surface area contributed by atoms with Gasteiger partial charge in [0.2, 0.25) is 0 Å². The second-order valence-electron chi connectivity index (χ2n) is 7.44. The van der Waals surface area contributed by atoms with Crippen molar-refractivity contribution in [1.82, 2.24) is 5.43 Å². The van der Waals surface area contributed by atoms with Crippen LogP contribution in [0.5, 0.6) is 11.5 Å². The van der Waals surface area contributed by atoms with Crippen LogP contribution in [0.2, 0.25) is 5.02 Å². The van der Waals surface area contributed by atoms with Crippen LogP contribution >= 0.6 is 11.6 Å². The van der Waals surface area contributed by atoms with Crippen LogP contribution in [0.15, 0.2) is 96.1 Å². The smallest absolute Gasteiger partial charge is 0.343 e. The molecular formula is C27H21ClN2O4. The fourth-order valence-electron chi connectivity index (χ4n) is 3.18. The second kappa shape index (κ2) is 10.6. The number of hydrogen-bond donors (Lipinski definition) is 1. The van der Waals surface area contributed by atoms with Crippen molar-refractivity contribution in [1.29, 1.82) is 0 Å². The molecule has 4 aromatic rings. The number of para-hydroxylation sites is 1. The molecule has 0 aliphatic heterocycles. The number of hydrazone groups is 1. The van der Waals surface area contributed by atoms with Gasteiger partial charge in [-0.15, -0.1) is 0 Å². The van der Waals surface area contributed by atoms with Crippen molar-refractivity contribution in [2.45, 2.75) is 13.0 Å². The number of ether oxygens (including phenoxy) is 2. The van der Waals surface area contributed by atoms with Crippen molar-refractivity contribution in [2.75, 3.05) is 0 Å². The molecule has 0 fully saturated rings. The number of benzene rings is 4. The molecule has 4 rings (SSSR count). The van der Waals surface area contributed by atoms with Gasteiger partial charge >= 0.3 is 5.97 Å². The van der Waals surface area contributed by atoms with Crippen LogP contribution in [0.25, 0.3) is 10.8 Å². The zero-order valence-corrected chi connectivity index (χ0v) is 19.0. The molecule has 4 aromatic carbocycles. The van der Waals surface area contributed by atoms with E-state index in [1.807, 2.05) is 42.5 Å². The number of halogens is 1. The summed E-state index contributed by atoms with van der Waals surface area (Å²) in [5.74, 6) is -0.0512. The zero-order chi connectivity index (χ0) is 23.9. The molecule has 0 radical (unpaired) electrons. The minimum atomic E-state index is -0.767. The summed E-state index contributed by atoms with van der Waals surface area (Å²) < 4.78 is 11.2. The molecule has 0 heterocycles. The molecule has 0 saturated carbocycles. The summed E-state index contributed by atoms with van der Waals surface area (Å²) in [6.07, 6.45) is 0.641. The number of amides is 1. The summed E-state index contributed by atoms with van der Waals surface area (Å²) >= 11 is 5.86. The van der Waals surface area contributed by atoms with Crippen LogP contribution in [-0.2, 0) is 4.79 Å². The van der Waals surface area contributed by atoms with Crippen molar-refractivity contribution < 1.29 is 19.1 Å². The molecule has 0 bridgehead atoms. The number of carbonyl (C=O) groups is 2. The maximum atomic E-state index is 12.4. The van der Waals surface area contributed by atoms with Gasteiger partial charge in [0.1, 0.15) is 11.5 Å². The molecular weight excluding hydrogens is 452 g/mol. The quantitative estimate of drug-likeness (QED) is 0.164. The number of hydrogen-bond acceptors (Lipinski definition) is 5. The maximum Gasteiger partial charge on any atom is 0.343 e. The fraction of sp³-hybridized carbons (Fsp3) is 0.0741. The Morgan fingerprint density at radius 1 is 0.912 bits per heavy atom. The number of carbonyl (C=O) groups excluding carboxylic acids is 2. The fourth-order valence-corrected chi connectivity index (χ4v) is 3.31. The third-order valence-electron chi connectivity index (χ3n) is 4.98. The van der Waals surface area contributed by atoms with E-state index in [1.165, 1.54) is 6.21 Å². The lowest BCUT2D eigenvalue weighted by atomic mass is 10.1. The van der Waals surface area contributed by atoms with Crippen LogP contribution in [0, 0.1) is 0 Å². The maximum absolute atomic E-state index is 12.4. The molecule has 0 aromatic heterocycles. The van der Waals surface area contributed by atoms with Gasteiger partial charge in [-0.3, -0.25) is 4.79 Å². The molecule has 0 aliphatic carbocycles. The molecule has 6 nitrogen and oxygen atoms in total. The first-order valence-electron chi connectivity index (χ1n) is 10.5. The summed E-state index contributed by atoms with van der Waals surface area (Å²) in [5.41, 5.74) is 3.34. The minimum Gasteiger partial charge on any atom is -0.481 e. The molecule has 0 saturated heterocycles. The van der Waals surface area contributed by atoms with E-state index in [0.717, 1.165) is 10.8 Å². The highest BCUT2D eigenvalue weighted by Crippen LogP contribution is 2.22. The van der Waals surface area contributed by atoms with Gasteiger partial charge in [0.15, 0.2) is 6.10 Å². The van der Waals surface area contributed by atoms with E-state index in [2.05, 4.69) is 10.5 Å². The number of esters is 1. The van der Waals surface area contributed by atoms with Gasteiger partial charge in [0.05, 0.1) is 11.8 Å². The van der Waals surface area contributed by atoms with E-state index < -0.39 is 18.0 Å². The van der Waals surface area contributed by atoms with E-state index in [1.54, 1.807) is 55.5 Å². The summed E-state index contributed by atoms with van der Waals surface area (Å²) in [6.45, 7) is 1.64. The highest BCUT2D eigenvalue weighted by molar-refractivity contribution is 6.30. The van der Waals surface area contributed by atoms with E-state index >= 15 is 0 Å². The lowest BCUT2D eigenvalue weighted by Gasteiger charge is -2.13. The van der Waals surface area contributed by atoms with Gasteiger partial charge < -0.3 is 9.47 Å². The average molecular weight is 473 g/mol. The number of rotatable bonds is 7. The Bertz CT molecular complexity index is 1350. The molecule has 34 heavy (non-hydrogen) atoms. The minimum absolute atomic E-state index is 0.306. The average Bonchev–Trinajstić information content (AvgIpc) is 2.85. The molecule has 7 heteroatoms. The van der Waals surface area contributed by atoms with Crippen LogP contribution in [-0.4, -0.2) is 24.2 Å². The highest BCUT2D eigenvalue weighted by Gasteiger charge is 2.15. The summed E-state index contributed by atoms with van der Waals surface area (Å²) in [5, 5.41) is 6.63. The molecule has 170 valence electrons. The van der Waals surface area contributed by atoms with Gasteiger partial charge in [-0.2, -0.15) is 5.10 Å². The SMILES string of the molecule is C[C@@H](Oc1ccc2ccccc2c1)C(=O)N/N=C\c1ccccc1OC(=O)c1ccc(Cl)cc1. The molecule has 0 unspecified atom stereocenters. The predicted octanol–water partition coefficient (Wildman–Crippen LogP) is 5.63. The first kappa shape index (κ1) is 23.0. The monoisotopic (exact) mass is 472 g/mol. The van der Waals surface area contributed by atoms with Crippen molar-refractivity contribution in [3.8, 4) is 11.5 Å². The van der Waals surface area contributed by atoms with E-state index in [4.69, 9.17) is 21.1 Å². The highest BCUT2D eigenvalue weighted by atomic mass is 35.5. The van der Waals surface area contributed by atoms with Crippen LogP contribution in [0.3, 0.4) is 0 Å². The van der Waals surface area contributed by atoms with Gasteiger partial charge in [0.25, 0.3) is 5.91 Å². The van der Waals surface area contributed by atoms with E-state index in [9.17, 15) is 9.59 Å². The zero-order valence-electron chi connectivity index (χ0n) is 18.3. The molecule has 1 atom stereocenters. The Kier molecular flexibility index (Phi) is 7.20. The largest absolute Gasteiger partial charge is 0.481 e. The number of nitrogens with zero attached hydrogens (tertiary/aromatic N) is 1. The Hall–Kier alpha value is -4.16. The predicted molar refractivity (Wildman–Crippen MR) is 133 cm³/mol. The number of fused-ring (bicyclic) bond motifs is 1. The van der Waals surface area contributed by atoms with E-state index in [-0.39, 0.29) is 0 Å². The topological polar surface area (TPSA) is 77.0 Å². The van der Waals surface area contributed by atoms with E-state index in [0.29, 0.717) is 27.6 Å². The molecule has 1 amide bonds. The van der Waals surface area contributed by atoms with Crippen molar-refractivity contribution in [3.63, 3.8) is 0 Å². The van der Waals surface area contributed by atoms with Gasteiger partial charge in [-0.1, -0.05) is 54.1 Å². The number of nitrogens with one attached hydrogen (secondary N) is 1. The summed E-state index contributed by atoms with van der Waals surface area (Å²) in [4.78, 5) is 24.8. The third-order valence-corrected chi connectivity index (χ3v) is 5.23. The van der Waals surface area contributed by atoms with Gasteiger partial charge in [-0.05, 0) is 66.2 Å². The van der Waals surface area contributed by atoms with Gasteiger partial charge in [0, 0.05) is 10.6 Å². The normalized spacial score (nSPS) is 11.8. The standard InChI is InChI=1S/C27H21ClN2O4/c1-18(33-24-15-12-19-6-2-3-7-21(19)16-24)26(31)30-29-17-22-8-4-5-9-25(22)34-27(32)20-10-13-23(28)14-11-20/h2-18H,1H3,(H,30,31)/b29-17-/t18-/m1/s1. The van der Waals surface area contributed by atoms with Gasteiger partial charge in [-0.25, -0.2) is 10.2 Å². The summed E-state index contributed by atoms with van der Waals surface area (Å²) in [6, 6.07) is 26.8. The van der Waals surface area contributed by atoms with Crippen LogP contribution < -0.4 is 14.9 Å². The second-order valence-corrected chi connectivity index (χ2v) is 7.87. The Labute approximate surface area is 201 Å². The van der Waals surface area contributed by atoms with Crippen molar-refractivity contribution in [3.05, 3.63) is 107 Å². The van der Waals surface area contributed by atoms with Crippen LogP contribution in [0.4, 0.5) is 0 Å². The van der Waals surface area contributed by atoms with Crippen LogP contribution in [0.1, 0.15) is 22.8 Å². The molecule has 0 spiro atoms. The first-order valence-corrected chi connectivity index (χ1v) is 10.9. The van der Waals surface area contributed by atoms with Crippen molar-refractivity contribution in [2.24, 2.45) is 5.10 Å². The van der Waals surface area contributed by atoms with Crippen molar-refractivity contribution >= 4 is 40.5 Å². The Morgan fingerprint density at radius 3 is 2.41 bits per heavy atom. The third kappa shape index (κ3) is 5.79. The Morgan fingerprint density at radius 2 is 1.62 bits per heavy atom. The molecule has 0 aliphatic rings. The lowest BCUT2D eigenvalue weighted by molar-refractivity contribution is -0.127. The summed E-state index contributed by atoms with van der Waals surface area (Å²) in [7, 11) is 0. The molecule has 1 N–H and O–H groups in total. The Balaban J connectivity index is 1.37. The lowest BCUT2D eigenvalue weighted by Crippen LogP contribution is -2.33.